The third-order valence-electron chi connectivity index (χ3n) is 8.38. The number of likely N-dealkylation sites (tertiary alicyclic amines) is 1. The first-order chi connectivity index (χ1) is 21.9. The number of aromatic nitrogens is 3. The summed E-state index contributed by atoms with van der Waals surface area (Å²) in [5, 5.41) is 16.8. The molecular weight excluding hydrogens is 570 g/mol. The van der Waals surface area contributed by atoms with Gasteiger partial charge in [-0.2, -0.15) is 5.10 Å². The molecule has 3 heterocycles. The largest absolute Gasteiger partial charge is 0.475 e. The number of hydrogen-bond acceptors (Lipinski definition) is 8. The van der Waals surface area contributed by atoms with Crippen LogP contribution in [-0.4, -0.2) is 90.1 Å². The van der Waals surface area contributed by atoms with E-state index in [1.165, 1.54) is 12.6 Å². The molecule has 2 aromatic heterocycles. The molecule has 1 saturated heterocycles. The van der Waals surface area contributed by atoms with Crippen LogP contribution in [0.3, 0.4) is 0 Å². The highest BCUT2D eigenvalue weighted by atomic mass is 16.5. The standard InChI is InChI=1S/C35H41N5O5/c1-24-32(20-29(42)18-27-22-39(14-16-44-3)23-31(27)25-10-6-4-7-11-25)40(28-12-8-5-9-13-28)38-33(24)26-19-30(34(43)36-2)35(37-21-26)45-17-15-41/h4-13,19,21,27,31,41H,14-18,20,22-23H2,1-3H3,(H,36,43)/t27-,31+/m1/s1. The second-order valence-corrected chi connectivity index (χ2v) is 11.3. The van der Waals surface area contributed by atoms with Crippen molar-refractivity contribution < 1.29 is 24.2 Å². The van der Waals surface area contributed by atoms with Crippen molar-refractivity contribution >= 4 is 11.7 Å². The monoisotopic (exact) mass is 611 g/mol. The number of nitrogens with one attached hydrogen (secondary N) is 1. The Hall–Kier alpha value is -4.38. The molecule has 1 amide bonds. The summed E-state index contributed by atoms with van der Waals surface area (Å²) in [5.41, 5.74) is 5.23. The number of amides is 1. The summed E-state index contributed by atoms with van der Waals surface area (Å²) in [6.45, 7) is 5.00. The summed E-state index contributed by atoms with van der Waals surface area (Å²) in [6.07, 6.45) is 2.28. The van der Waals surface area contributed by atoms with Crippen molar-refractivity contribution in [3.05, 3.63) is 95.3 Å². The van der Waals surface area contributed by atoms with E-state index in [2.05, 4.69) is 39.5 Å². The maximum atomic E-state index is 13.9. The van der Waals surface area contributed by atoms with Crippen molar-refractivity contribution in [1.82, 2.24) is 25.0 Å². The summed E-state index contributed by atoms with van der Waals surface area (Å²) in [7, 11) is 3.25. The van der Waals surface area contributed by atoms with E-state index in [1.807, 2.05) is 48.0 Å². The fourth-order valence-electron chi connectivity index (χ4n) is 6.13. The second-order valence-electron chi connectivity index (χ2n) is 11.3. The molecule has 0 radical (unpaired) electrons. The average Bonchev–Trinajstić information content (AvgIpc) is 3.63. The van der Waals surface area contributed by atoms with Gasteiger partial charge in [0.05, 0.1) is 30.3 Å². The molecule has 2 N–H and O–H groups in total. The van der Waals surface area contributed by atoms with Crippen LogP contribution in [0.5, 0.6) is 5.88 Å². The van der Waals surface area contributed by atoms with E-state index in [0.717, 1.165) is 36.6 Å². The Balaban J connectivity index is 1.46. The highest BCUT2D eigenvalue weighted by molar-refractivity contribution is 5.97. The minimum atomic E-state index is -0.364. The molecule has 5 rings (SSSR count). The highest BCUT2D eigenvalue weighted by Gasteiger charge is 2.35. The van der Waals surface area contributed by atoms with E-state index in [4.69, 9.17) is 14.6 Å². The Morgan fingerprint density at radius 2 is 1.78 bits per heavy atom. The lowest BCUT2D eigenvalue weighted by Gasteiger charge is -2.18. The number of ketones is 1. The summed E-state index contributed by atoms with van der Waals surface area (Å²) in [6, 6.07) is 21.9. The number of aliphatic hydroxyl groups excluding tert-OH is 1. The van der Waals surface area contributed by atoms with Crippen molar-refractivity contribution in [2.75, 3.05) is 53.6 Å². The number of benzene rings is 2. The summed E-state index contributed by atoms with van der Waals surface area (Å²) in [4.78, 5) is 33.4. The van der Waals surface area contributed by atoms with Gasteiger partial charge in [0.25, 0.3) is 5.91 Å². The average molecular weight is 612 g/mol. The lowest BCUT2D eigenvalue weighted by molar-refractivity contribution is -0.119. The van der Waals surface area contributed by atoms with Crippen LogP contribution in [0.15, 0.2) is 72.9 Å². The molecule has 10 heteroatoms. The van der Waals surface area contributed by atoms with Crippen LogP contribution in [-0.2, 0) is 16.0 Å². The molecule has 0 unspecified atom stereocenters. The third-order valence-corrected chi connectivity index (χ3v) is 8.38. The fraction of sp³-hybridized carbons (Fsp3) is 0.371. The second kappa shape index (κ2) is 15.1. The molecule has 2 aromatic carbocycles. The first-order valence-electron chi connectivity index (χ1n) is 15.3. The summed E-state index contributed by atoms with van der Waals surface area (Å²) < 4.78 is 12.7. The van der Waals surface area contributed by atoms with Gasteiger partial charge in [-0.05, 0) is 42.2 Å². The van der Waals surface area contributed by atoms with E-state index in [1.54, 1.807) is 19.4 Å². The Morgan fingerprint density at radius 3 is 2.47 bits per heavy atom. The Labute approximate surface area is 264 Å². The molecule has 236 valence electrons. The number of Topliss-reactive ketones (excluding diaryl/α,β-unsaturated/α-hetero) is 1. The van der Waals surface area contributed by atoms with Gasteiger partial charge in [0.15, 0.2) is 0 Å². The Morgan fingerprint density at radius 1 is 1.04 bits per heavy atom. The topological polar surface area (TPSA) is 119 Å². The molecule has 4 aromatic rings. The summed E-state index contributed by atoms with van der Waals surface area (Å²) in [5.74, 6) is 0.376. The maximum absolute atomic E-state index is 13.9. The SMILES string of the molecule is CNC(=O)c1cc(-c2nn(-c3ccccc3)c(CC(=O)C[C@@H]3CN(CCOC)C[C@H]3c3ccccc3)c2C)cnc1OCCO. The van der Waals surface area contributed by atoms with E-state index >= 15 is 0 Å². The Bertz CT molecular complexity index is 1590. The predicted molar refractivity (Wildman–Crippen MR) is 172 cm³/mol. The molecule has 2 atom stereocenters. The number of para-hydroxylation sites is 1. The van der Waals surface area contributed by atoms with E-state index in [9.17, 15) is 14.7 Å². The zero-order valence-electron chi connectivity index (χ0n) is 26.1. The number of rotatable bonds is 14. The van der Waals surface area contributed by atoms with Gasteiger partial charge >= 0.3 is 0 Å². The number of carbonyl (C=O) groups is 2. The third kappa shape index (κ3) is 7.47. The predicted octanol–water partition coefficient (Wildman–Crippen LogP) is 3.84. The molecular formula is C35H41N5O5. The van der Waals surface area contributed by atoms with Gasteiger partial charge in [-0.15, -0.1) is 0 Å². The van der Waals surface area contributed by atoms with Gasteiger partial charge in [-0.3, -0.25) is 9.59 Å². The van der Waals surface area contributed by atoms with Crippen molar-refractivity contribution in [3.8, 4) is 22.8 Å². The number of methoxy groups -OCH3 is 1. The van der Waals surface area contributed by atoms with Gasteiger partial charge in [0, 0.05) is 64.3 Å². The Kier molecular flexibility index (Phi) is 10.7. The normalized spacial score (nSPS) is 16.5. The first kappa shape index (κ1) is 32.0. The van der Waals surface area contributed by atoms with Gasteiger partial charge in [0.1, 0.15) is 18.0 Å². The van der Waals surface area contributed by atoms with Crippen LogP contribution in [0.25, 0.3) is 16.9 Å². The summed E-state index contributed by atoms with van der Waals surface area (Å²) >= 11 is 0. The van der Waals surface area contributed by atoms with Crippen LogP contribution >= 0.6 is 0 Å². The van der Waals surface area contributed by atoms with Crippen LogP contribution in [0.4, 0.5) is 0 Å². The molecule has 0 spiro atoms. The van der Waals surface area contributed by atoms with Crippen molar-refractivity contribution in [2.24, 2.45) is 5.92 Å². The molecule has 10 nitrogen and oxygen atoms in total. The van der Waals surface area contributed by atoms with Gasteiger partial charge in [-0.1, -0.05) is 48.5 Å². The zero-order valence-corrected chi connectivity index (χ0v) is 26.1. The fourth-order valence-corrected chi connectivity index (χ4v) is 6.13. The highest BCUT2D eigenvalue weighted by Crippen LogP contribution is 2.36. The number of carbonyl (C=O) groups excluding carboxylic acids is 2. The quantitative estimate of drug-likeness (QED) is 0.221. The molecule has 0 bridgehead atoms. The molecule has 1 aliphatic rings. The van der Waals surface area contributed by atoms with Crippen LogP contribution < -0.4 is 10.1 Å². The minimum absolute atomic E-state index is 0.0144. The van der Waals surface area contributed by atoms with Crippen LogP contribution in [0, 0.1) is 12.8 Å². The van der Waals surface area contributed by atoms with Gasteiger partial charge in [0.2, 0.25) is 5.88 Å². The van der Waals surface area contributed by atoms with E-state index in [0.29, 0.717) is 24.3 Å². The molecule has 0 saturated carbocycles. The van der Waals surface area contributed by atoms with Crippen LogP contribution in [0.1, 0.15) is 39.5 Å². The molecule has 45 heavy (non-hydrogen) atoms. The molecule has 1 aliphatic heterocycles. The van der Waals surface area contributed by atoms with E-state index in [-0.39, 0.29) is 54.6 Å². The molecule has 1 fully saturated rings. The minimum Gasteiger partial charge on any atom is -0.475 e. The smallest absolute Gasteiger partial charge is 0.256 e. The van der Waals surface area contributed by atoms with Crippen LogP contribution in [0.2, 0.25) is 0 Å². The number of aliphatic hydroxyl groups is 1. The number of pyridine rings is 1. The number of nitrogens with zero attached hydrogens (tertiary/aromatic N) is 4. The zero-order chi connectivity index (χ0) is 31.8. The number of ether oxygens (including phenoxy) is 2. The maximum Gasteiger partial charge on any atom is 0.256 e. The van der Waals surface area contributed by atoms with Gasteiger partial charge < -0.3 is 24.8 Å². The molecule has 0 aliphatic carbocycles. The van der Waals surface area contributed by atoms with Gasteiger partial charge in [-0.25, -0.2) is 9.67 Å². The first-order valence-corrected chi connectivity index (χ1v) is 15.3. The lowest BCUT2D eigenvalue weighted by Crippen LogP contribution is -2.25. The lowest BCUT2D eigenvalue weighted by atomic mass is 9.85. The van der Waals surface area contributed by atoms with E-state index < -0.39 is 0 Å². The van der Waals surface area contributed by atoms with Crippen molar-refractivity contribution in [2.45, 2.75) is 25.7 Å². The van der Waals surface area contributed by atoms with Crippen molar-refractivity contribution in [1.29, 1.82) is 0 Å². The van der Waals surface area contributed by atoms with Crippen molar-refractivity contribution in [3.63, 3.8) is 0 Å². The number of hydrogen-bond donors (Lipinski definition) is 2.